The molecule has 4 N–H and O–H groups in total. The van der Waals surface area contributed by atoms with Gasteiger partial charge < -0.3 is 44.6 Å². The van der Waals surface area contributed by atoms with E-state index >= 15 is 4.39 Å². The summed E-state index contributed by atoms with van der Waals surface area (Å²) in [6.07, 6.45) is 4.46. The first-order valence-electron chi connectivity index (χ1n) is 23.0. The lowest BCUT2D eigenvalue weighted by molar-refractivity contribution is -0.136. The van der Waals surface area contributed by atoms with Crippen LogP contribution in [0.3, 0.4) is 0 Å². The number of nitrogens with zero attached hydrogens (tertiary/aromatic N) is 5. The Hall–Kier alpha value is -6.76. The van der Waals surface area contributed by atoms with E-state index in [2.05, 4.69) is 25.6 Å². The number of hydrogen-bond acceptors (Lipinski definition) is 10. The molecule has 3 aliphatic rings. The number of carbonyl (C=O) groups excluding carboxylic acids is 4. The van der Waals surface area contributed by atoms with E-state index in [0.29, 0.717) is 60.3 Å². The molecule has 2 aromatic carbocycles. The minimum Gasteiger partial charge on any atom is -0.464 e. The van der Waals surface area contributed by atoms with Gasteiger partial charge in [0.15, 0.2) is 0 Å². The molecule has 2 fully saturated rings. The number of likely N-dealkylation sites (tertiary alicyclic amines) is 2. The number of halogens is 2. The van der Waals surface area contributed by atoms with Crippen LogP contribution in [-0.4, -0.2) is 104 Å². The predicted molar refractivity (Wildman–Crippen MR) is 251 cm³/mol. The maximum Gasteiger partial charge on any atom is 0.407 e. The average molecular weight is 952 g/mol. The molecule has 4 aromatic heterocycles. The standard InChI is InChI=1S/C49H55F2N9O7S/c1-25(2)41(56-48(63)65-5)45(61)58-17-7-9-35(58)43-52-23-32(54-43)27-11-13-34-29(19-27)21-37-40-31(51)20-28(22-38(40)67-47(60(34)37)39-14-12-30(68-39)15-16-50)33-24-53-44(55-33)36-10-8-18-59(36)46(62)42(26(3)4)57-49(64)66-6/h11-14,19-26,35-36,41-42,47H,7-10,15-18H2,1-6H3,(H,52,54)(H,53,55)(H,56,63)(H,57,64)/t35-,36-,41-,42-,47?/m0/s1. The summed E-state index contributed by atoms with van der Waals surface area (Å²) in [7, 11) is 2.52. The molecule has 7 heterocycles. The van der Waals surface area contributed by atoms with Crippen molar-refractivity contribution < 1.29 is 42.2 Å². The van der Waals surface area contributed by atoms with Crippen molar-refractivity contribution in [1.82, 2.24) is 44.9 Å². The van der Waals surface area contributed by atoms with E-state index in [1.54, 1.807) is 28.3 Å². The molecule has 0 radical (unpaired) electrons. The molecule has 0 bridgehead atoms. The number of amides is 4. The van der Waals surface area contributed by atoms with E-state index in [-0.39, 0.29) is 47.7 Å². The highest BCUT2D eigenvalue weighted by Gasteiger charge is 2.40. The van der Waals surface area contributed by atoms with Gasteiger partial charge in [-0.3, -0.25) is 18.5 Å². The van der Waals surface area contributed by atoms with Crippen LogP contribution in [0.4, 0.5) is 18.4 Å². The number of rotatable bonds is 13. The zero-order valence-corrected chi connectivity index (χ0v) is 39.5. The first-order chi connectivity index (χ1) is 32.8. The highest BCUT2D eigenvalue weighted by Crippen LogP contribution is 2.48. The third-order valence-corrected chi connectivity index (χ3v) is 14.4. The summed E-state index contributed by atoms with van der Waals surface area (Å²) in [5, 5.41) is 6.18. The number of H-pyrrole nitrogens is 2. The quantitative estimate of drug-likeness (QED) is 0.0877. The van der Waals surface area contributed by atoms with Crippen molar-refractivity contribution in [1.29, 1.82) is 0 Å². The maximum atomic E-state index is 16.9. The third-order valence-electron chi connectivity index (χ3n) is 13.2. The third kappa shape index (κ3) is 8.67. The summed E-state index contributed by atoms with van der Waals surface area (Å²) >= 11 is 1.44. The second-order valence-electron chi connectivity index (χ2n) is 18.2. The monoisotopic (exact) mass is 951 g/mol. The van der Waals surface area contributed by atoms with E-state index in [1.165, 1.54) is 31.6 Å². The van der Waals surface area contributed by atoms with Crippen LogP contribution in [0, 0.1) is 17.7 Å². The Morgan fingerprint density at radius 2 is 1.40 bits per heavy atom. The molecule has 9 rings (SSSR count). The van der Waals surface area contributed by atoms with Crippen LogP contribution in [0.15, 0.2) is 60.9 Å². The minimum atomic E-state index is -0.788. The maximum absolute atomic E-state index is 16.9. The zero-order valence-electron chi connectivity index (χ0n) is 38.7. The molecule has 0 spiro atoms. The second kappa shape index (κ2) is 19.1. The molecule has 3 aliphatic heterocycles. The highest BCUT2D eigenvalue weighted by atomic mass is 32.1. The SMILES string of the molecule is COC(=O)N[C@H](C(=O)N1CCC[C@H]1c1ncc(-c2cc(F)c3c(c2)OC(c2ccc(CCF)s2)n2c-3cc3cc(-c4cnc([C@@H]5CCCN5C(=O)[C@@H](NC(=O)OC)C(C)C)[nH]4)ccc32)[nH]1)C(C)C. The van der Waals surface area contributed by atoms with E-state index < -0.39 is 43.0 Å². The molecule has 0 saturated carbocycles. The molecule has 0 aliphatic carbocycles. The number of methoxy groups -OCH3 is 2. The number of thiophene rings is 1. The van der Waals surface area contributed by atoms with E-state index in [4.69, 9.17) is 19.2 Å². The van der Waals surface area contributed by atoms with Crippen LogP contribution in [0.2, 0.25) is 0 Å². The number of benzene rings is 2. The first kappa shape index (κ1) is 46.4. The van der Waals surface area contributed by atoms with Gasteiger partial charge in [0, 0.05) is 40.9 Å². The Morgan fingerprint density at radius 1 is 0.809 bits per heavy atom. The first-order valence-corrected chi connectivity index (χ1v) is 23.8. The van der Waals surface area contributed by atoms with Gasteiger partial charge in [-0.15, -0.1) is 11.3 Å². The number of aromatic amines is 2. The Morgan fingerprint density at radius 3 is 1.96 bits per heavy atom. The molecule has 5 atom stereocenters. The predicted octanol–water partition coefficient (Wildman–Crippen LogP) is 8.83. The summed E-state index contributed by atoms with van der Waals surface area (Å²) in [4.78, 5) is 73.2. The number of ether oxygens (including phenoxy) is 3. The summed E-state index contributed by atoms with van der Waals surface area (Å²) in [6, 6.07) is 12.7. The zero-order chi connectivity index (χ0) is 48.0. The van der Waals surface area contributed by atoms with Gasteiger partial charge in [-0.2, -0.15) is 0 Å². The van der Waals surface area contributed by atoms with Crippen molar-refractivity contribution in [3.63, 3.8) is 0 Å². The largest absolute Gasteiger partial charge is 0.464 e. The molecule has 358 valence electrons. The fraction of sp³-hybridized carbons (Fsp3) is 0.429. The van der Waals surface area contributed by atoms with Crippen LogP contribution in [0.5, 0.6) is 5.75 Å². The molecule has 2 saturated heterocycles. The summed E-state index contributed by atoms with van der Waals surface area (Å²) < 4.78 is 48.7. The van der Waals surface area contributed by atoms with Crippen molar-refractivity contribution in [3.8, 4) is 39.5 Å². The van der Waals surface area contributed by atoms with Crippen molar-refractivity contribution in [2.75, 3.05) is 34.0 Å². The lowest BCUT2D eigenvalue weighted by atomic mass is 10.0. The van der Waals surface area contributed by atoms with Crippen molar-refractivity contribution in [3.05, 3.63) is 88.1 Å². The van der Waals surface area contributed by atoms with Crippen LogP contribution in [0.1, 0.15) is 93.1 Å². The van der Waals surface area contributed by atoms with Crippen LogP contribution in [0.25, 0.3) is 44.7 Å². The molecular formula is C49H55F2N9O7S. The number of aryl methyl sites for hydroxylation is 1. The van der Waals surface area contributed by atoms with Crippen LogP contribution >= 0.6 is 11.3 Å². The Bertz CT molecular complexity index is 2870. The lowest BCUT2D eigenvalue weighted by Gasteiger charge is -2.30. The Kier molecular flexibility index (Phi) is 13.0. The van der Waals surface area contributed by atoms with Crippen LogP contribution < -0.4 is 15.4 Å². The number of hydrogen-bond donors (Lipinski definition) is 4. The fourth-order valence-corrected chi connectivity index (χ4v) is 10.7. The molecule has 6 aromatic rings. The molecule has 16 nitrogen and oxygen atoms in total. The number of alkyl carbamates (subject to hydrolysis) is 2. The normalized spacial score (nSPS) is 18.6. The Balaban J connectivity index is 1.03. The van der Waals surface area contributed by atoms with Gasteiger partial charge in [0.05, 0.1) is 78.4 Å². The summed E-state index contributed by atoms with van der Waals surface area (Å²) in [6.45, 7) is 7.98. The van der Waals surface area contributed by atoms with E-state index in [9.17, 15) is 23.6 Å². The second-order valence-corrected chi connectivity index (χ2v) is 19.4. The Labute approximate surface area is 395 Å². The molecule has 4 amide bonds. The van der Waals surface area contributed by atoms with Gasteiger partial charge in [-0.1, -0.05) is 33.8 Å². The topological polar surface area (TPSA) is 189 Å². The van der Waals surface area contributed by atoms with Gasteiger partial charge in [-0.25, -0.2) is 23.9 Å². The highest BCUT2D eigenvalue weighted by molar-refractivity contribution is 7.12. The molecule has 1 unspecified atom stereocenters. The number of imidazole rings is 2. The fourth-order valence-electron chi connectivity index (χ4n) is 9.73. The molecular weight excluding hydrogens is 897 g/mol. The number of fused-ring (bicyclic) bond motifs is 5. The summed E-state index contributed by atoms with van der Waals surface area (Å²) in [5.41, 5.74) is 4.27. The summed E-state index contributed by atoms with van der Waals surface area (Å²) in [5.74, 6) is 0.198. The number of aromatic nitrogens is 5. The van der Waals surface area contributed by atoms with E-state index in [0.717, 1.165) is 44.8 Å². The number of alkyl halides is 1. The van der Waals surface area contributed by atoms with Gasteiger partial charge >= 0.3 is 12.2 Å². The van der Waals surface area contributed by atoms with E-state index in [1.807, 2.05) is 68.7 Å². The van der Waals surface area contributed by atoms with Gasteiger partial charge in [0.1, 0.15) is 35.3 Å². The lowest BCUT2D eigenvalue weighted by Crippen LogP contribution is -2.51. The number of carbonyl (C=O) groups is 4. The van der Waals surface area contributed by atoms with Crippen molar-refractivity contribution >= 4 is 46.2 Å². The number of nitrogens with one attached hydrogen (secondary N) is 4. The molecule has 68 heavy (non-hydrogen) atoms. The minimum absolute atomic E-state index is 0.166. The van der Waals surface area contributed by atoms with Crippen LogP contribution in [-0.2, 0) is 25.5 Å². The van der Waals surface area contributed by atoms with Gasteiger partial charge in [0.2, 0.25) is 18.0 Å². The molecule has 19 heteroatoms. The average Bonchev–Trinajstić information content (AvgIpc) is 4.19. The van der Waals surface area contributed by atoms with Crippen molar-refractivity contribution in [2.45, 2.75) is 90.2 Å². The smallest absolute Gasteiger partial charge is 0.407 e. The van der Waals surface area contributed by atoms with Gasteiger partial charge in [0.25, 0.3) is 0 Å². The van der Waals surface area contributed by atoms with Gasteiger partial charge in [-0.05, 0) is 80.0 Å². The van der Waals surface area contributed by atoms with Crippen molar-refractivity contribution in [2.24, 2.45) is 11.8 Å².